The van der Waals surface area contributed by atoms with Crippen molar-refractivity contribution in [1.29, 1.82) is 0 Å². The maximum Gasteiger partial charge on any atom is 0.262 e. The number of hydrogen-bond donors (Lipinski definition) is 1. The van der Waals surface area contributed by atoms with Gasteiger partial charge in [-0.3, -0.25) is 4.79 Å². The monoisotopic (exact) mass is 400 g/mol. The molecular weight excluding hydrogens is 376 g/mol. The first-order chi connectivity index (χ1) is 14.4. The molecule has 0 aliphatic carbocycles. The van der Waals surface area contributed by atoms with Gasteiger partial charge in [0.05, 0.1) is 0 Å². The number of anilines is 1. The van der Waals surface area contributed by atoms with Crippen molar-refractivity contribution in [3.05, 3.63) is 76.9 Å². The number of ether oxygens (including phenoxy) is 1. The summed E-state index contributed by atoms with van der Waals surface area (Å²) in [5.74, 6) is 1.04. The van der Waals surface area contributed by atoms with E-state index in [-0.39, 0.29) is 12.5 Å². The van der Waals surface area contributed by atoms with Crippen LogP contribution >= 0.6 is 0 Å². The van der Waals surface area contributed by atoms with Crippen LogP contribution in [0.25, 0.3) is 22.6 Å². The zero-order valence-corrected chi connectivity index (χ0v) is 17.6. The zero-order valence-electron chi connectivity index (χ0n) is 17.6. The summed E-state index contributed by atoms with van der Waals surface area (Å²) in [4.78, 5) is 16.9. The van der Waals surface area contributed by atoms with Gasteiger partial charge in [-0.15, -0.1) is 0 Å². The molecule has 1 aromatic heterocycles. The molecule has 3 aromatic carbocycles. The number of carbonyl (C=O) groups excluding carboxylic acids is 1. The minimum atomic E-state index is -0.229. The molecule has 30 heavy (non-hydrogen) atoms. The van der Waals surface area contributed by atoms with E-state index < -0.39 is 0 Å². The third-order valence-electron chi connectivity index (χ3n) is 5.11. The molecule has 0 bridgehead atoms. The third-order valence-corrected chi connectivity index (χ3v) is 5.11. The highest BCUT2D eigenvalue weighted by atomic mass is 16.5. The van der Waals surface area contributed by atoms with Crippen LogP contribution in [-0.4, -0.2) is 17.5 Å². The quantitative estimate of drug-likeness (QED) is 0.463. The number of carbonyl (C=O) groups is 1. The van der Waals surface area contributed by atoms with Crippen LogP contribution in [0.1, 0.15) is 22.3 Å². The van der Waals surface area contributed by atoms with Crippen molar-refractivity contribution in [3.63, 3.8) is 0 Å². The fourth-order valence-corrected chi connectivity index (χ4v) is 3.30. The summed E-state index contributed by atoms with van der Waals surface area (Å²) in [6.45, 7) is 8.06. The fraction of sp³-hybridized carbons (Fsp3) is 0.200. The van der Waals surface area contributed by atoms with Gasteiger partial charge in [-0.05, 0) is 80.8 Å². The maximum atomic E-state index is 12.3. The number of aryl methyl sites for hydroxylation is 4. The van der Waals surface area contributed by atoms with Gasteiger partial charge in [-0.25, -0.2) is 4.98 Å². The summed E-state index contributed by atoms with van der Waals surface area (Å²) >= 11 is 0. The fourth-order valence-electron chi connectivity index (χ4n) is 3.30. The molecule has 0 aliphatic rings. The van der Waals surface area contributed by atoms with Gasteiger partial charge in [0.1, 0.15) is 11.3 Å². The van der Waals surface area contributed by atoms with Crippen LogP contribution in [0.15, 0.2) is 59.0 Å². The number of nitrogens with zero attached hydrogens (tertiary/aromatic N) is 1. The number of aromatic nitrogens is 1. The molecule has 1 heterocycles. The van der Waals surface area contributed by atoms with Crippen LogP contribution in [-0.2, 0) is 4.79 Å². The van der Waals surface area contributed by atoms with Crippen LogP contribution in [0.5, 0.6) is 5.75 Å². The second-order valence-electron chi connectivity index (χ2n) is 7.61. The Kier molecular flexibility index (Phi) is 5.27. The first-order valence-corrected chi connectivity index (χ1v) is 9.87. The van der Waals surface area contributed by atoms with Gasteiger partial charge in [0.25, 0.3) is 5.91 Å². The lowest BCUT2D eigenvalue weighted by Crippen LogP contribution is -2.20. The second kappa shape index (κ2) is 8.03. The molecule has 0 spiro atoms. The number of nitrogens with one attached hydrogen (secondary N) is 1. The molecule has 0 atom stereocenters. The summed E-state index contributed by atoms with van der Waals surface area (Å²) < 4.78 is 11.5. The zero-order chi connectivity index (χ0) is 21.3. The average Bonchev–Trinajstić information content (AvgIpc) is 3.13. The van der Waals surface area contributed by atoms with Gasteiger partial charge in [-0.1, -0.05) is 23.8 Å². The van der Waals surface area contributed by atoms with E-state index >= 15 is 0 Å². The molecule has 4 aromatic rings. The molecule has 1 N–H and O–H groups in total. The van der Waals surface area contributed by atoms with Crippen LogP contribution < -0.4 is 10.1 Å². The number of oxazole rings is 1. The molecule has 0 unspecified atom stereocenters. The molecule has 4 rings (SSSR count). The lowest BCUT2D eigenvalue weighted by Gasteiger charge is -2.10. The summed E-state index contributed by atoms with van der Waals surface area (Å²) in [6.07, 6.45) is 0. The van der Waals surface area contributed by atoms with Crippen LogP contribution in [0.4, 0.5) is 5.69 Å². The van der Waals surface area contributed by atoms with Crippen LogP contribution in [0.3, 0.4) is 0 Å². The van der Waals surface area contributed by atoms with E-state index in [9.17, 15) is 4.79 Å². The Morgan fingerprint density at radius 3 is 2.53 bits per heavy atom. The van der Waals surface area contributed by atoms with Gasteiger partial charge in [-0.2, -0.15) is 0 Å². The lowest BCUT2D eigenvalue weighted by atomic mass is 10.1. The number of benzene rings is 3. The van der Waals surface area contributed by atoms with Gasteiger partial charge in [0.2, 0.25) is 5.89 Å². The van der Waals surface area contributed by atoms with E-state index in [0.29, 0.717) is 28.4 Å². The number of hydrogen-bond acceptors (Lipinski definition) is 4. The molecule has 0 saturated heterocycles. The molecule has 5 nitrogen and oxygen atoms in total. The summed E-state index contributed by atoms with van der Waals surface area (Å²) in [7, 11) is 0. The van der Waals surface area contributed by atoms with Crippen molar-refractivity contribution in [1.82, 2.24) is 4.98 Å². The first-order valence-electron chi connectivity index (χ1n) is 9.87. The average molecular weight is 400 g/mol. The highest BCUT2D eigenvalue weighted by Gasteiger charge is 2.11. The Hall–Kier alpha value is -3.60. The minimum absolute atomic E-state index is 0.0609. The smallest absolute Gasteiger partial charge is 0.262 e. The van der Waals surface area contributed by atoms with Gasteiger partial charge in [0, 0.05) is 11.3 Å². The number of amides is 1. The maximum absolute atomic E-state index is 12.3. The second-order valence-corrected chi connectivity index (χ2v) is 7.61. The molecule has 5 heteroatoms. The van der Waals surface area contributed by atoms with Crippen molar-refractivity contribution in [3.8, 4) is 17.2 Å². The van der Waals surface area contributed by atoms with Crippen molar-refractivity contribution >= 4 is 22.7 Å². The predicted molar refractivity (Wildman–Crippen MR) is 119 cm³/mol. The minimum Gasteiger partial charge on any atom is -0.483 e. The van der Waals surface area contributed by atoms with E-state index in [1.54, 1.807) is 12.1 Å². The Bertz CT molecular complexity index is 1240. The Morgan fingerprint density at radius 1 is 0.933 bits per heavy atom. The SMILES string of the molecule is Cc1ccc(OCC(=O)Nc2ccc3oc(-c4ccc(C)c(C)c4)nc3c2)c(C)c1. The van der Waals surface area contributed by atoms with E-state index in [0.717, 1.165) is 16.7 Å². The molecule has 1 amide bonds. The Morgan fingerprint density at radius 2 is 1.77 bits per heavy atom. The Labute approximate surface area is 175 Å². The van der Waals surface area contributed by atoms with Crippen molar-refractivity contribution in [2.45, 2.75) is 27.7 Å². The molecule has 0 radical (unpaired) electrons. The summed E-state index contributed by atoms with van der Waals surface area (Å²) in [6, 6.07) is 17.4. The van der Waals surface area contributed by atoms with Crippen LogP contribution in [0, 0.1) is 27.7 Å². The van der Waals surface area contributed by atoms with Gasteiger partial charge in [0.15, 0.2) is 12.2 Å². The topological polar surface area (TPSA) is 64.4 Å². The predicted octanol–water partition coefficient (Wildman–Crippen LogP) is 5.75. The van der Waals surface area contributed by atoms with E-state index in [1.165, 1.54) is 11.1 Å². The standard InChI is InChI=1S/C25H24N2O3/c1-15-5-9-22(18(4)11-15)29-14-24(28)26-20-8-10-23-21(13-20)27-25(30-23)19-7-6-16(2)17(3)12-19/h5-13H,14H2,1-4H3,(H,26,28). The number of rotatable bonds is 5. The van der Waals surface area contributed by atoms with Gasteiger partial charge < -0.3 is 14.5 Å². The number of fused-ring (bicyclic) bond motifs is 1. The Balaban J connectivity index is 1.46. The van der Waals surface area contributed by atoms with E-state index in [4.69, 9.17) is 9.15 Å². The van der Waals surface area contributed by atoms with Crippen molar-refractivity contribution in [2.75, 3.05) is 11.9 Å². The van der Waals surface area contributed by atoms with E-state index in [2.05, 4.69) is 36.3 Å². The molecule has 152 valence electrons. The molecular formula is C25H24N2O3. The first kappa shape index (κ1) is 19.7. The van der Waals surface area contributed by atoms with E-state index in [1.807, 2.05) is 44.2 Å². The van der Waals surface area contributed by atoms with Crippen molar-refractivity contribution < 1.29 is 13.9 Å². The third kappa shape index (κ3) is 4.20. The molecule has 0 fully saturated rings. The van der Waals surface area contributed by atoms with Crippen molar-refractivity contribution in [2.24, 2.45) is 0 Å². The normalized spacial score (nSPS) is 10.9. The summed E-state index contributed by atoms with van der Waals surface area (Å²) in [5.41, 5.74) is 7.52. The summed E-state index contributed by atoms with van der Waals surface area (Å²) in [5, 5.41) is 2.86. The lowest BCUT2D eigenvalue weighted by molar-refractivity contribution is -0.118. The van der Waals surface area contributed by atoms with Crippen LogP contribution in [0.2, 0.25) is 0 Å². The van der Waals surface area contributed by atoms with Gasteiger partial charge >= 0.3 is 0 Å². The highest BCUT2D eigenvalue weighted by Crippen LogP contribution is 2.27. The largest absolute Gasteiger partial charge is 0.483 e. The molecule has 0 saturated carbocycles. The highest BCUT2D eigenvalue weighted by molar-refractivity contribution is 5.94. The molecule has 0 aliphatic heterocycles.